The summed E-state index contributed by atoms with van der Waals surface area (Å²) in [6, 6.07) is 11.0. The second kappa shape index (κ2) is 8.41. The highest BCUT2D eigenvalue weighted by Crippen LogP contribution is 2.27. The number of H-pyrrole nitrogens is 2. The van der Waals surface area contributed by atoms with Crippen molar-refractivity contribution in [3.8, 4) is 0 Å². The maximum Gasteiger partial charge on any atom is 0.334 e. The third-order valence-electron chi connectivity index (χ3n) is 3.56. The first-order valence-electron chi connectivity index (χ1n) is 7.93. The smallest absolute Gasteiger partial charge is 0.334 e. The molecule has 4 N–H and O–H groups in total. The van der Waals surface area contributed by atoms with Gasteiger partial charge in [0.15, 0.2) is 17.5 Å². The molecule has 3 aromatic rings. The standard InChI is InChI=1S/C17H17N5O4S/c1-27-9-11-7-8-12(26-11)13(17(24)25)18-15-14(16(23)22-21-15)20-19-10-5-3-2-4-6-10/h2-8,13H,9H2,1H3,(H,24,25)(H3,18,21,22,23). The second-order valence-electron chi connectivity index (χ2n) is 5.49. The van der Waals surface area contributed by atoms with Crippen molar-refractivity contribution < 1.29 is 14.3 Å². The Balaban J connectivity index is 1.86. The Hall–Kier alpha value is -3.27. The third-order valence-corrected chi connectivity index (χ3v) is 4.14. The number of thioether (sulfide) groups is 1. The fourth-order valence-corrected chi connectivity index (χ4v) is 2.76. The van der Waals surface area contributed by atoms with Crippen molar-refractivity contribution in [2.75, 3.05) is 11.6 Å². The summed E-state index contributed by atoms with van der Waals surface area (Å²) in [5, 5.41) is 25.2. The van der Waals surface area contributed by atoms with Crippen molar-refractivity contribution >= 4 is 34.9 Å². The molecule has 0 aliphatic heterocycles. The lowest BCUT2D eigenvalue weighted by Gasteiger charge is -2.12. The van der Waals surface area contributed by atoms with Gasteiger partial charge in [-0.2, -0.15) is 16.9 Å². The van der Waals surface area contributed by atoms with Crippen LogP contribution in [0.3, 0.4) is 0 Å². The van der Waals surface area contributed by atoms with Gasteiger partial charge in [0.1, 0.15) is 11.5 Å². The average molecular weight is 387 g/mol. The van der Waals surface area contributed by atoms with Crippen molar-refractivity contribution in [2.24, 2.45) is 10.2 Å². The highest BCUT2D eigenvalue weighted by atomic mass is 32.2. The first-order chi connectivity index (χ1) is 13.1. The molecule has 2 heterocycles. The monoisotopic (exact) mass is 387 g/mol. The fourth-order valence-electron chi connectivity index (χ4n) is 2.32. The predicted octanol–water partition coefficient (Wildman–Crippen LogP) is 3.81. The molecule has 1 unspecified atom stereocenters. The van der Waals surface area contributed by atoms with Gasteiger partial charge in [0.25, 0.3) is 5.56 Å². The normalized spacial score (nSPS) is 12.3. The van der Waals surface area contributed by atoms with Gasteiger partial charge >= 0.3 is 5.97 Å². The second-order valence-corrected chi connectivity index (χ2v) is 6.36. The molecule has 10 heteroatoms. The molecule has 0 spiro atoms. The molecule has 27 heavy (non-hydrogen) atoms. The Bertz CT molecular complexity index is 992. The van der Waals surface area contributed by atoms with E-state index in [1.807, 2.05) is 12.3 Å². The van der Waals surface area contributed by atoms with Crippen LogP contribution in [0.2, 0.25) is 0 Å². The van der Waals surface area contributed by atoms with E-state index in [0.717, 1.165) is 0 Å². The molecule has 1 atom stereocenters. The molecule has 2 aromatic heterocycles. The molecule has 9 nitrogen and oxygen atoms in total. The highest BCUT2D eigenvalue weighted by Gasteiger charge is 2.26. The van der Waals surface area contributed by atoms with E-state index in [-0.39, 0.29) is 17.3 Å². The van der Waals surface area contributed by atoms with Crippen molar-refractivity contribution in [1.29, 1.82) is 0 Å². The lowest BCUT2D eigenvalue weighted by Crippen LogP contribution is -2.20. The van der Waals surface area contributed by atoms with Gasteiger partial charge in [-0.3, -0.25) is 15.0 Å². The number of azo groups is 1. The molecular weight excluding hydrogens is 370 g/mol. The van der Waals surface area contributed by atoms with Crippen LogP contribution in [0, 0.1) is 0 Å². The highest BCUT2D eigenvalue weighted by molar-refractivity contribution is 7.97. The molecule has 0 aliphatic carbocycles. The molecule has 0 aliphatic rings. The Morgan fingerprint density at radius 3 is 2.70 bits per heavy atom. The Labute approximate surface area is 157 Å². The van der Waals surface area contributed by atoms with Crippen molar-refractivity contribution in [3.63, 3.8) is 0 Å². The zero-order valence-electron chi connectivity index (χ0n) is 14.3. The third kappa shape index (κ3) is 4.47. The van der Waals surface area contributed by atoms with Crippen LogP contribution in [0.4, 0.5) is 17.2 Å². The van der Waals surface area contributed by atoms with E-state index in [1.165, 1.54) is 0 Å². The number of furan rings is 1. The molecule has 1 aromatic carbocycles. The van der Waals surface area contributed by atoms with Crippen molar-refractivity contribution in [3.05, 3.63) is 64.3 Å². The zero-order chi connectivity index (χ0) is 19.2. The van der Waals surface area contributed by atoms with Gasteiger partial charge in [-0.25, -0.2) is 4.79 Å². The van der Waals surface area contributed by atoms with Gasteiger partial charge in [0.2, 0.25) is 0 Å². The van der Waals surface area contributed by atoms with Gasteiger partial charge in [-0.1, -0.05) is 18.2 Å². The van der Waals surface area contributed by atoms with E-state index in [4.69, 9.17) is 4.42 Å². The minimum absolute atomic E-state index is 0.0546. The molecular formula is C17H17N5O4S. The first kappa shape index (κ1) is 18.5. The van der Waals surface area contributed by atoms with Crippen LogP contribution in [0.5, 0.6) is 0 Å². The maximum atomic E-state index is 12.0. The van der Waals surface area contributed by atoms with E-state index in [2.05, 4.69) is 25.7 Å². The summed E-state index contributed by atoms with van der Waals surface area (Å²) in [6.07, 6.45) is 1.92. The number of aromatic nitrogens is 2. The summed E-state index contributed by atoms with van der Waals surface area (Å²) in [5.74, 6) is 0.462. The number of carboxylic acids is 1. The van der Waals surface area contributed by atoms with Crippen molar-refractivity contribution in [2.45, 2.75) is 11.8 Å². The number of hydrogen-bond acceptors (Lipinski definition) is 7. The van der Waals surface area contributed by atoms with E-state index < -0.39 is 17.6 Å². The number of benzene rings is 1. The van der Waals surface area contributed by atoms with E-state index >= 15 is 0 Å². The molecule has 0 saturated carbocycles. The average Bonchev–Trinajstić information content (AvgIpc) is 3.25. The number of nitrogens with one attached hydrogen (secondary N) is 3. The summed E-state index contributed by atoms with van der Waals surface area (Å²) in [5.41, 5.74) is -0.0172. The number of rotatable bonds is 8. The lowest BCUT2D eigenvalue weighted by molar-refractivity contribution is -0.138. The van der Waals surface area contributed by atoms with Crippen LogP contribution in [0.25, 0.3) is 0 Å². The Morgan fingerprint density at radius 2 is 2.00 bits per heavy atom. The van der Waals surface area contributed by atoms with Crippen molar-refractivity contribution in [1.82, 2.24) is 10.2 Å². The molecule has 0 saturated heterocycles. The largest absolute Gasteiger partial charge is 0.479 e. The fraction of sp³-hybridized carbons (Fsp3) is 0.176. The van der Waals surface area contributed by atoms with E-state index in [9.17, 15) is 14.7 Å². The number of hydrogen-bond donors (Lipinski definition) is 4. The first-order valence-corrected chi connectivity index (χ1v) is 9.32. The van der Waals surface area contributed by atoms with Crippen LogP contribution in [-0.2, 0) is 10.5 Å². The topological polar surface area (TPSA) is 136 Å². The van der Waals surface area contributed by atoms with Gasteiger partial charge in [0, 0.05) is 0 Å². The summed E-state index contributed by atoms with van der Waals surface area (Å²) >= 11 is 1.56. The van der Waals surface area contributed by atoms with E-state index in [0.29, 0.717) is 17.2 Å². The van der Waals surface area contributed by atoms with Gasteiger partial charge in [0.05, 0.1) is 11.4 Å². The Kier molecular flexibility index (Phi) is 5.77. The van der Waals surface area contributed by atoms with Crippen LogP contribution in [0.15, 0.2) is 61.9 Å². The van der Waals surface area contributed by atoms with Crippen LogP contribution in [0.1, 0.15) is 17.6 Å². The summed E-state index contributed by atoms with van der Waals surface area (Å²) in [6.45, 7) is 0. The predicted molar refractivity (Wildman–Crippen MR) is 102 cm³/mol. The van der Waals surface area contributed by atoms with Gasteiger partial charge < -0.3 is 14.8 Å². The molecule has 0 amide bonds. The van der Waals surface area contributed by atoms with Crippen LogP contribution in [-0.4, -0.2) is 27.5 Å². The minimum Gasteiger partial charge on any atom is -0.479 e. The number of carboxylic acid groups (broad SMARTS) is 1. The van der Waals surface area contributed by atoms with Gasteiger partial charge in [-0.05, 0) is 30.5 Å². The number of aliphatic carboxylic acids is 1. The Morgan fingerprint density at radius 1 is 1.22 bits per heavy atom. The number of aromatic amines is 2. The minimum atomic E-state index is -1.20. The molecule has 0 radical (unpaired) electrons. The maximum absolute atomic E-state index is 12.0. The summed E-state index contributed by atoms with van der Waals surface area (Å²) < 4.78 is 5.58. The van der Waals surface area contributed by atoms with Crippen LogP contribution >= 0.6 is 11.8 Å². The van der Waals surface area contributed by atoms with Crippen LogP contribution < -0.4 is 10.9 Å². The lowest BCUT2D eigenvalue weighted by atomic mass is 10.2. The number of nitrogens with zero attached hydrogens (tertiary/aromatic N) is 2. The SMILES string of the molecule is CSCc1ccc(C(Nc2[nH][nH]c(=O)c2N=Nc2ccccc2)C(=O)O)o1. The van der Waals surface area contributed by atoms with Gasteiger partial charge in [-0.15, -0.1) is 5.11 Å². The summed E-state index contributed by atoms with van der Waals surface area (Å²) in [4.78, 5) is 23.7. The molecule has 0 bridgehead atoms. The molecule has 140 valence electrons. The summed E-state index contributed by atoms with van der Waals surface area (Å²) in [7, 11) is 0. The van der Waals surface area contributed by atoms with E-state index in [1.54, 1.807) is 48.2 Å². The quantitative estimate of drug-likeness (QED) is 0.434. The zero-order valence-corrected chi connectivity index (χ0v) is 15.1. The molecule has 0 fully saturated rings. The number of carbonyl (C=O) groups is 1. The number of anilines is 1. The molecule has 3 rings (SSSR count).